The molecule has 0 radical (unpaired) electrons. The number of aliphatic imine (C=N–C) groups is 1. The summed E-state index contributed by atoms with van der Waals surface area (Å²) in [6.45, 7) is 9.25. The molecule has 86 valence electrons. The largest absolute Gasteiger partial charge is 0.475 e. The SMILES string of the molecule is CCC1COC(c2c(C)cc(C)cc2C)=N1. The highest BCUT2D eigenvalue weighted by molar-refractivity contribution is 5.98. The Morgan fingerprint density at radius 3 is 2.38 bits per heavy atom. The molecule has 0 saturated carbocycles. The molecule has 1 heterocycles. The Kier molecular flexibility index (Phi) is 2.99. The summed E-state index contributed by atoms with van der Waals surface area (Å²) in [7, 11) is 0. The molecule has 0 fully saturated rings. The smallest absolute Gasteiger partial charge is 0.217 e. The molecule has 0 bridgehead atoms. The van der Waals surface area contributed by atoms with E-state index in [9.17, 15) is 0 Å². The highest BCUT2D eigenvalue weighted by Gasteiger charge is 2.21. The number of hydrogen-bond acceptors (Lipinski definition) is 2. The molecule has 0 aromatic heterocycles. The van der Waals surface area contributed by atoms with E-state index in [1.807, 2.05) is 0 Å². The Balaban J connectivity index is 2.42. The van der Waals surface area contributed by atoms with E-state index in [-0.39, 0.29) is 0 Å². The van der Waals surface area contributed by atoms with Crippen molar-refractivity contribution in [2.45, 2.75) is 40.2 Å². The lowest BCUT2D eigenvalue weighted by Gasteiger charge is -2.10. The van der Waals surface area contributed by atoms with Gasteiger partial charge in [0.25, 0.3) is 0 Å². The number of nitrogens with zero attached hydrogens (tertiary/aromatic N) is 1. The number of hydrogen-bond donors (Lipinski definition) is 0. The zero-order valence-electron chi connectivity index (χ0n) is 10.5. The minimum Gasteiger partial charge on any atom is -0.475 e. The number of benzene rings is 1. The van der Waals surface area contributed by atoms with E-state index in [4.69, 9.17) is 4.74 Å². The molecule has 1 atom stereocenters. The van der Waals surface area contributed by atoms with Crippen molar-refractivity contribution in [1.82, 2.24) is 0 Å². The second kappa shape index (κ2) is 4.28. The average molecular weight is 217 g/mol. The van der Waals surface area contributed by atoms with Crippen LogP contribution >= 0.6 is 0 Å². The molecule has 1 unspecified atom stereocenters. The highest BCUT2D eigenvalue weighted by atomic mass is 16.5. The molecule has 0 saturated heterocycles. The van der Waals surface area contributed by atoms with Crippen LogP contribution in [0.3, 0.4) is 0 Å². The van der Waals surface area contributed by atoms with Gasteiger partial charge in [-0.15, -0.1) is 0 Å². The second-order valence-corrected chi connectivity index (χ2v) is 4.58. The van der Waals surface area contributed by atoms with E-state index in [1.54, 1.807) is 0 Å². The first-order valence-corrected chi connectivity index (χ1v) is 5.90. The molecular weight excluding hydrogens is 198 g/mol. The van der Waals surface area contributed by atoms with E-state index in [0.717, 1.165) is 18.9 Å². The van der Waals surface area contributed by atoms with Crippen LogP contribution in [0.2, 0.25) is 0 Å². The average Bonchev–Trinajstić information content (AvgIpc) is 2.64. The minimum absolute atomic E-state index is 0.343. The number of rotatable bonds is 2. The first kappa shape index (κ1) is 11.2. The Morgan fingerprint density at radius 2 is 1.88 bits per heavy atom. The fraction of sp³-hybridized carbons (Fsp3) is 0.500. The van der Waals surface area contributed by atoms with Gasteiger partial charge in [-0.05, 0) is 38.3 Å². The van der Waals surface area contributed by atoms with Crippen molar-refractivity contribution >= 4 is 5.90 Å². The van der Waals surface area contributed by atoms with Gasteiger partial charge < -0.3 is 4.74 Å². The Bertz CT molecular complexity index is 411. The summed E-state index contributed by atoms with van der Waals surface area (Å²) in [5.74, 6) is 0.835. The topological polar surface area (TPSA) is 21.6 Å². The van der Waals surface area contributed by atoms with Crippen molar-refractivity contribution in [3.8, 4) is 0 Å². The van der Waals surface area contributed by atoms with Gasteiger partial charge in [0, 0.05) is 5.56 Å². The van der Waals surface area contributed by atoms with Gasteiger partial charge in [-0.3, -0.25) is 0 Å². The van der Waals surface area contributed by atoms with Crippen LogP contribution in [0, 0.1) is 20.8 Å². The van der Waals surface area contributed by atoms with Gasteiger partial charge >= 0.3 is 0 Å². The normalized spacial score (nSPS) is 19.5. The molecule has 2 nitrogen and oxygen atoms in total. The molecule has 0 aliphatic carbocycles. The van der Waals surface area contributed by atoms with Crippen molar-refractivity contribution in [1.29, 1.82) is 0 Å². The van der Waals surface area contributed by atoms with E-state index in [1.165, 1.54) is 22.3 Å². The molecule has 0 N–H and O–H groups in total. The van der Waals surface area contributed by atoms with Gasteiger partial charge in [-0.1, -0.05) is 24.6 Å². The van der Waals surface area contributed by atoms with Crippen molar-refractivity contribution in [3.05, 3.63) is 34.4 Å². The fourth-order valence-electron chi connectivity index (χ4n) is 2.28. The van der Waals surface area contributed by atoms with Gasteiger partial charge in [0.1, 0.15) is 6.61 Å². The zero-order chi connectivity index (χ0) is 11.7. The van der Waals surface area contributed by atoms with Crippen molar-refractivity contribution < 1.29 is 4.74 Å². The monoisotopic (exact) mass is 217 g/mol. The zero-order valence-corrected chi connectivity index (χ0v) is 10.5. The summed E-state index contributed by atoms with van der Waals surface area (Å²) < 4.78 is 5.69. The van der Waals surface area contributed by atoms with E-state index in [0.29, 0.717) is 6.04 Å². The fourth-order valence-corrected chi connectivity index (χ4v) is 2.28. The summed E-state index contributed by atoms with van der Waals surface area (Å²) in [5.41, 5.74) is 4.99. The minimum atomic E-state index is 0.343. The third-order valence-corrected chi connectivity index (χ3v) is 3.07. The lowest BCUT2D eigenvalue weighted by molar-refractivity contribution is 0.315. The molecule has 16 heavy (non-hydrogen) atoms. The summed E-state index contributed by atoms with van der Waals surface area (Å²) in [4.78, 5) is 4.62. The Hall–Kier alpha value is -1.31. The Labute approximate surface area is 97.4 Å². The maximum Gasteiger partial charge on any atom is 0.217 e. The third kappa shape index (κ3) is 1.97. The molecule has 1 aliphatic heterocycles. The lowest BCUT2D eigenvalue weighted by Crippen LogP contribution is -2.07. The van der Waals surface area contributed by atoms with Crippen LogP contribution < -0.4 is 0 Å². The number of ether oxygens (including phenoxy) is 1. The van der Waals surface area contributed by atoms with Crippen LogP contribution in [0.1, 0.15) is 35.6 Å². The highest BCUT2D eigenvalue weighted by Crippen LogP contribution is 2.21. The van der Waals surface area contributed by atoms with Crippen LogP contribution in [0.5, 0.6) is 0 Å². The van der Waals surface area contributed by atoms with Gasteiger partial charge in [0.2, 0.25) is 5.90 Å². The third-order valence-electron chi connectivity index (χ3n) is 3.07. The van der Waals surface area contributed by atoms with Crippen LogP contribution in [0.25, 0.3) is 0 Å². The second-order valence-electron chi connectivity index (χ2n) is 4.58. The summed E-state index contributed by atoms with van der Waals surface area (Å²) in [6.07, 6.45) is 1.05. The standard InChI is InChI=1S/C14H19NO/c1-5-12-8-16-14(15-12)13-10(3)6-9(2)7-11(13)4/h6-7,12H,5,8H2,1-4H3. The van der Waals surface area contributed by atoms with Crippen LogP contribution in [0.4, 0.5) is 0 Å². The van der Waals surface area contributed by atoms with Crippen LogP contribution in [-0.4, -0.2) is 18.5 Å². The molecule has 0 amide bonds. The molecular formula is C14H19NO. The van der Waals surface area contributed by atoms with Crippen molar-refractivity contribution in [2.24, 2.45) is 4.99 Å². The first-order valence-electron chi connectivity index (χ1n) is 5.90. The first-order chi connectivity index (χ1) is 7.61. The maximum atomic E-state index is 5.69. The molecule has 1 aromatic carbocycles. The predicted octanol–water partition coefficient (Wildman–Crippen LogP) is 3.17. The van der Waals surface area contributed by atoms with Crippen LogP contribution in [-0.2, 0) is 4.74 Å². The summed E-state index contributed by atoms with van der Waals surface area (Å²) in [6, 6.07) is 4.72. The molecule has 2 heteroatoms. The Morgan fingerprint density at radius 1 is 1.25 bits per heavy atom. The van der Waals surface area contributed by atoms with Gasteiger partial charge in [-0.25, -0.2) is 4.99 Å². The molecule has 1 aromatic rings. The van der Waals surface area contributed by atoms with Crippen molar-refractivity contribution in [2.75, 3.05) is 6.61 Å². The molecule has 2 rings (SSSR count). The van der Waals surface area contributed by atoms with Crippen molar-refractivity contribution in [3.63, 3.8) is 0 Å². The van der Waals surface area contributed by atoms with Crippen LogP contribution in [0.15, 0.2) is 17.1 Å². The quantitative estimate of drug-likeness (QED) is 0.745. The summed E-state index contributed by atoms with van der Waals surface area (Å²) in [5, 5.41) is 0. The van der Waals surface area contributed by atoms with E-state index >= 15 is 0 Å². The van der Waals surface area contributed by atoms with Gasteiger partial charge in [-0.2, -0.15) is 0 Å². The molecule has 0 spiro atoms. The maximum absolute atomic E-state index is 5.69. The van der Waals surface area contributed by atoms with Gasteiger partial charge in [0.05, 0.1) is 6.04 Å². The number of aryl methyl sites for hydroxylation is 3. The van der Waals surface area contributed by atoms with E-state index in [2.05, 4.69) is 44.8 Å². The summed E-state index contributed by atoms with van der Waals surface area (Å²) >= 11 is 0. The predicted molar refractivity (Wildman–Crippen MR) is 67.2 cm³/mol. The lowest BCUT2D eigenvalue weighted by atomic mass is 10.00. The van der Waals surface area contributed by atoms with Gasteiger partial charge in [0.15, 0.2) is 0 Å². The molecule has 1 aliphatic rings. The van der Waals surface area contributed by atoms with E-state index < -0.39 is 0 Å².